The summed E-state index contributed by atoms with van der Waals surface area (Å²) in [6.45, 7) is 3.11. The monoisotopic (exact) mass is 415 g/mol. The zero-order valence-corrected chi connectivity index (χ0v) is 16.9. The van der Waals surface area contributed by atoms with Gasteiger partial charge in [-0.2, -0.15) is 0 Å². The first kappa shape index (κ1) is 19.7. The molecule has 152 valence electrons. The number of thiazole rings is 1. The third kappa shape index (κ3) is 4.07. The third-order valence-electron chi connectivity index (χ3n) is 4.81. The van der Waals surface area contributed by atoms with Crippen molar-refractivity contribution in [3.63, 3.8) is 0 Å². The minimum Gasteiger partial charge on any atom is -0.458 e. The molecule has 4 rings (SSSR count). The first-order valence-corrected chi connectivity index (χ1v) is 10.1. The molecule has 0 bridgehead atoms. The number of aliphatic hydroxyl groups excluding tert-OH is 1. The van der Waals surface area contributed by atoms with Crippen LogP contribution in [0.4, 0.5) is 0 Å². The van der Waals surface area contributed by atoms with E-state index in [1.54, 1.807) is 6.20 Å². The molecule has 1 saturated heterocycles. The fraction of sp³-hybridized carbons (Fsp3) is 0.400. The van der Waals surface area contributed by atoms with E-state index < -0.39 is 24.4 Å². The highest BCUT2D eigenvalue weighted by molar-refractivity contribution is 7.16. The summed E-state index contributed by atoms with van der Waals surface area (Å²) in [6.07, 6.45) is 0.452. The first-order valence-electron chi connectivity index (χ1n) is 9.30. The van der Waals surface area contributed by atoms with E-state index in [2.05, 4.69) is 9.97 Å². The van der Waals surface area contributed by atoms with Crippen LogP contribution in [0.15, 0.2) is 35.3 Å². The number of hydrogen-bond donors (Lipinski definition) is 1. The molecule has 1 aliphatic rings. The number of nitrogens with zero attached hydrogens (tertiary/aromatic N) is 3. The Bertz CT molecular complexity index is 1090. The van der Waals surface area contributed by atoms with E-state index in [-0.39, 0.29) is 11.5 Å². The lowest BCUT2D eigenvalue weighted by molar-refractivity contribution is -0.152. The Morgan fingerprint density at radius 1 is 1.38 bits per heavy atom. The van der Waals surface area contributed by atoms with Crippen molar-refractivity contribution in [3.05, 3.63) is 57.1 Å². The molecule has 0 amide bonds. The van der Waals surface area contributed by atoms with E-state index in [4.69, 9.17) is 9.47 Å². The van der Waals surface area contributed by atoms with Gasteiger partial charge >= 0.3 is 10.8 Å². The highest BCUT2D eigenvalue weighted by atomic mass is 32.1. The van der Waals surface area contributed by atoms with Crippen LogP contribution in [0.2, 0.25) is 0 Å². The summed E-state index contributed by atoms with van der Waals surface area (Å²) >= 11 is 1.01. The number of fused-ring (bicyclic) bond motifs is 1. The molecule has 1 unspecified atom stereocenters. The zero-order chi connectivity index (χ0) is 20.5. The number of aromatic nitrogens is 3. The molecule has 9 heteroatoms. The summed E-state index contributed by atoms with van der Waals surface area (Å²) in [5, 5.41) is 9.47. The minimum absolute atomic E-state index is 0.223. The molecule has 2 aromatic heterocycles. The molecule has 1 aliphatic heterocycles. The summed E-state index contributed by atoms with van der Waals surface area (Å²) in [5.41, 5.74) is 2.68. The average molecular weight is 415 g/mol. The minimum atomic E-state index is -0.834. The molecule has 1 aromatic carbocycles. The lowest BCUT2D eigenvalue weighted by Gasteiger charge is -2.19. The van der Waals surface area contributed by atoms with Gasteiger partial charge in [-0.3, -0.25) is 14.2 Å². The van der Waals surface area contributed by atoms with E-state index in [9.17, 15) is 14.7 Å². The summed E-state index contributed by atoms with van der Waals surface area (Å²) in [5.74, 6) is 0.109. The van der Waals surface area contributed by atoms with Gasteiger partial charge in [-0.25, -0.2) is 9.97 Å². The van der Waals surface area contributed by atoms with Gasteiger partial charge in [-0.1, -0.05) is 41.2 Å². The van der Waals surface area contributed by atoms with Crippen molar-refractivity contribution >= 4 is 27.7 Å². The van der Waals surface area contributed by atoms with Gasteiger partial charge in [0.05, 0.1) is 23.6 Å². The van der Waals surface area contributed by atoms with Gasteiger partial charge in [0, 0.05) is 19.8 Å². The lowest BCUT2D eigenvalue weighted by atomic mass is 10.1. The van der Waals surface area contributed by atoms with Gasteiger partial charge in [0.1, 0.15) is 11.9 Å². The van der Waals surface area contributed by atoms with E-state index in [0.29, 0.717) is 29.0 Å². The van der Waals surface area contributed by atoms with Crippen LogP contribution >= 0.6 is 11.3 Å². The molecule has 29 heavy (non-hydrogen) atoms. The van der Waals surface area contributed by atoms with Crippen LogP contribution < -0.4 is 4.87 Å². The van der Waals surface area contributed by atoms with Crippen molar-refractivity contribution < 1.29 is 19.4 Å². The van der Waals surface area contributed by atoms with Gasteiger partial charge in [0.25, 0.3) is 0 Å². The van der Waals surface area contributed by atoms with Crippen LogP contribution in [0.5, 0.6) is 0 Å². The van der Waals surface area contributed by atoms with Crippen LogP contribution in [-0.4, -0.2) is 44.4 Å². The maximum absolute atomic E-state index is 12.7. The molecule has 0 saturated carbocycles. The zero-order valence-electron chi connectivity index (χ0n) is 16.1. The highest BCUT2D eigenvalue weighted by Gasteiger charge is 2.40. The fourth-order valence-electron chi connectivity index (χ4n) is 3.45. The molecule has 3 heterocycles. The van der Waals surface area contributed by atoms with Crippen molar-refractivity contribution in [2.75, 3.05) is 6.61 Å². The van der Waals surface area contributed by atoms with E-state index >= 15 is 0 Å². The Kier molecular flexibility index (Phi) is 5.44. The van der Waals surface area contributed by atoms with Gasteiger partial charge < -0.3 is 14.6 Å². The van der Waals surface area contributed by atoms with Crippen molar-refractivity contribution in [1.82, 2.24) is 14.5 Å². The number of carbonyl (C=O) groups is 1. The average Bonchev–Trinajstić information content (AvgIpc) is 3.22. The Labute approximate surface area is 170 Å². The number of esters is 1. The molecule has 0 spiro atoms. The Balaban J connectivity index is 1.71. The number of aliphatic hydroxyl groups is 1. The second-order valence-corrected chi connectivity index (χ2v) is 8.08. The van der Waals surface area contributed by atoms with Crippen LogP contribution in [0.1, 0.15) is 36.5 Å². The summed E-state index contributed by atoms with van der Waals surface area (Å²) in [6, 6.07) is 8.09. The van der Waals surface area contributed by atoms with Crippen LogP contribution in [0.25, 0.3) is 10.3 Å². The van der Waals surface area contributed by atoms with E-state index in [1.807, 2.05) is 31.2 Å². The third-order valence-corrected chi connectivity index (χ3v) is 5.69. The predicted octanol–water partition coefficient (Wildman–Crippen LogP) is 1.96. The molecule has 1 N–H and O–H groups in total. The fourth-order valence-corrected chi connectivity index (χ4v) is 4.27. The van der Waals surface area contributed by atoms with Gasteiger partial charge in [-0.15, -0.1) is 0 Å². The molecule has 3 aromatic rings. The summed E-state index contributed by atoms with van der Waals surface area (Å²) < 4.78 is 13.2. The molecule has 0 radical (unpaired) electrons. The molecule has 0 aliphatic carbocycles. The number of rotatable bonds is 5. The molecule has 3 atom stereocenters. The topological polar surface area (TPSA) is 104 Å². The molecule has 8 nitrogen and oxygen atoms in total. The van der Waals surface area contributed by atoms with Crippen LogP contribution in [-0.2, 0) is 20.7 Å². The number of ether oxygens (including phenoxy) is 2. The van der Waals surface area contributed by atoms with Crippen molar-refractivity contribution in [2.45, 2.75) is 45.1 Å². The van der Waals surface area contributed by atoms with Gasteiger partial charge in [0.15, 0.2) is 11.9 Å². The lowest BCUT2D eigenvalue weighted by Crippen LogP contribution is -2.30. The second-order valence-electron chi connectivity index (χ2n) is 7.09. The van der Waals surface area contributed by atoms with E-state index in [1.165, 1.54) is 17.1 Å². The van der Waals surface area contributed by atoms with Crippen LogP contribution in [0.3, 0.4) is 0 Å². The van der Waals surface area contributed by atoms with Gasteiger partial charge in [0.2, 0.25) is 0 Å². The molecular formula is C20H21N3O5S. The molecule has 1 fully saturated rings. The van der Waals surface area contributed by atoms with E-state index in [0.717, 1.165) is 16.9 Å². The Morgan fingerprint density at radius 3 is 2.83 bits per heavy atom. The molecular weight excluding hydrogens is 394 g/mol. The maximum Gasteiger partial charge on any atom is 0.311 e. The highest BCUT2D eigenvalue weighted by Crippen LogP contribution is 2.33. The number of benzene rings is 1. The van der Waals surface area contributed by atoms with Crippen molar-refractivity contribution in [3.8, 4) is 0 Å². The standard InChI is InChI=1S/C20H21N3O5S/c1-11-3-5-13(6-4-11)7-17-21-9-16-18(22-17)23(20(26)29-16)19-15(27-12(2)25)8-14(10-24)28-19/h3-6,9,14-15,19,24H,7-8,10H2,1-2H3/t14-,15+,19?/m0/s1. The SMILES string of the molecule is CC(=O)O[C@@H]1C[C@@H](CO)OC1n1c(=O)sc2cnc(Cc3ccc(C)cc3)nc21. The van der Waals surface area contributed by atoms with Crippen molar-refractivity contribution in [2.24, 2.45) is 0 Å². The first-order chi connectivity index (χ1) is 13.9. The largest absolute Gasteiger partial charge is 0.458 e. The van der Waals surface area contributed by atoms with Crippen molar-refractivity contribution in [1.29, 1.82) is 0 Å². The Morgan fingerprint density at radius 2 is 2.14 bits per heavy atom. The Hall–Kier alpha value is -2.62. The van der Waals surface area contributed by atoms with Crippen LogP contribution in [0, 0.1) is 6.92 Å². The number of aryl methyl sites for hydroxylation is 1. The number of hydrogen-bond acceptors (Lipinski definition) is 8. The predicted molar refractivity (Wildman–Crippen MR) is 107 cm³/mol. The summed E-state index contributed by atoms with van der Waals surface area (Å²) in [7, 11) is 0. The summed E-state index contributed by atoms with van der Waals surface area (Å²) in [4.78, 5) is 32.9. The second kappa shape index (κ2) is 8.02. The maximum atomic E-state index is 12.7. The quantitative estimate of drug-likeness (QED) is 0.635. The smallest absolute Gasteiger partial charge is 0.311 e. The number of carbonyl (C=O) groups excluding carboxylic acids is 1. The van der Waals surface area contributed by atoms with Gasteiger partial charge in [-0.05, 0) is 12.5 Å². The normalized spacial score (nSPS) is 21.6.